The maximum Gasteiger partial charge on any atom is 0.274 e. The largest absolute Gasteiger partial charge is 0.366 e. The molecule has 2 aromatic rings. The highest BCUT2D eigenvalue weighted by molar-refractivity contribution is 9.10. The number of hydrogen-bond donors (Lipinski definition) is 2. The molecule has 0 amide bonds. The fraction of sp³-hybridized carbons (Fsp3) is 0.412. The highest BCUT2D eigenvalue weighted by atomic mass is 79.9. The molecular formula is C17H21BrClN5O2S3. The van der Waals surface area contributed by atoms with Gasteiger partial charge in [-0.15, -0.1) is 0 Å². The smallest absolute Gasteiger partial charge is 0.274 e. The van der Waals surface area contributed by atoms with Crippen LogP contribution in [0.3, 0.4) is 0 Å². The van der Waals surface area contributed by atoms with E-state index < -0.39 is 4.92 Å². The van der Waals surface area contributed by atoms with Gasteiger partial charge in [-0.2, -0.15) is 27.9 Å². The number of nitro groups is 1. The molecule has 12 heteroatoms. The lowest BCUT2D eigenvalue weighted by Crippen LogP contribution is -2.30. The Morgan fingerprint density at radius 3 is 2.62 bits per heavy atom. The van der Waals surface area contributed by atoms with Gasteiger partial charge in [0.15, 0.2) is 5.82 Å². The fourth-order valence-corrected chi connectivity index (χ4v) is 5.71. The van der Waals surface area contributed by atoms with E-state index in [1.165, 1.54) is 16.4 Å². The summed E-state index contributed by atoms with van der Waals surface area (Å²) in [6, 6.07) is 3.62. The van der Waals surface area contributed by atoms with Gasteiger partial charge in [0.25, 0.3) is 6.20 Å². The van der Waals surface area contributed by atoms with Crippen molar-refractivity contribution in [1.82, 2.24) is 20.0 Å². The van der Waals surface area contributed by atoms with E-state index in [2.05, 4.69) is 35.9 Å². The Morgan fingerprint density at radius 1 is 1.34 bits per heavy atom. The number of rotatable bonds is 13. The summed E-state index contributed by atoms with van der Waals surface area (Å²) in [5, 5.41) is 17.7. The summed E-state index contributed by atoms with van der Waals surface area (Å²) in [5.74, 6) is 3.58. The van der Waals surface area contributed by atoms with Crippen molar-refractivity contribution < 1.29 is 4.92 Å². The molecule has 0 saturated carbocycles. The van der Waals surface area contributed by atoms with Gasteiger partial charge in [-0.25, -0.2) is 0 Å². The first-order chi connectivity index (χ1) is 14.0. The molecule has 0 bridgehead atoms. The number of aryl methyl sites for hydroxylation is 1. The number of pyridine rings is 1. The maximum atomic E-state index is 10.8. The van der Waals surface area contributed by atoms with Crippen LogP contribution in [0, 0.1) is 17.0 Å². The van der Waals surface area contributed by atoms with Gasteiger partial charge in [0.1, 0.15) is 0 Å². The molecule has 0 aliphatic rings. The molecule has 2 heterocycles. The lowest BCUT2D eigenvalue weighted by molar-refractivity contribution is -0.404. The van der Waals surface area contributed by atoms with Crippen LogP contribution in [0.25, 0.3) is 0 Å². The van der Waals surface area contributed by atoms with Gasteiger partial charge < -0.3 is 10.6 Å². The molecule has 0 atom stereocenters. The van der Waals surface area contributed by atoms with E-state index in [4.69, 9.17) is 11.6 Å². The molecule has 29 heavy (non-hydrogen) atoms. The third kappa shape index (κ3) is 9.12. The van der Waals surface area contributed by atoms with E-state index in [1.807, 2.05) is 13.0 Å². The van der Waals surface area contributed by atoms with Crippen molar-refractivity contribution in [3.05, 3.63) is 66.2 Å². The fourth-order valence-electron chi connectivity index (χ4n) is 2.13. The van der Waals surface area contributed by atoms with Crippen molar-refractivity contribution in [3.8, 4) is 0 Å². The van der Waals surface area contributed by atoms with Crippen molar-refractivity contribution >= 4 is 62.6 Å². The minimum absolute atomic E-state index is 0.418. The van der Waals surface area contributed by atoms with Gasteiger partial charge in [-0.05, 0) is 46.5 Å². The van der Waals surface area contributed by atoms with E-state index in [1.54, 1.807) is 35.8 Å². The van der Waals surface area contributed by atoms with Gasteiger partial charge in [-0.1, -0.05) is 11.6 Å². The van der Waals surface area contributed by atoms with Crippen molar-refractivity contribution in [2.45, 2.75) is 18.4 Å². The molecule has 0 aromatic carbocycles. The summed E-state index contributed by atoms with van der Waals surface area (Å²) in [6.07, 6.45) is 2.68. The Labute approximate surface area is 195 Å². The lowest BCUT2D eigenvalue weighted by Gasteiger charge is -2.11. The van der Waals surface area contributed by atoms with Crippen LogP contribution in [0.15, 0.2) is 34.8 Å². The van der Waals surface area contributed by atoms with Crippen LogP contribution in [0.2, 0.25) is 5.02 Å². The summed E-state index contributed by atoms with van der Waals surface area (Å²) in [6.45, 7) is 3.20. The molecule has 0 radical (unpaired) electrons. The summed E-state index contributed by atoms with van der Waals surface area (Å²) in [5.41, 5.74) is 1.85. The second-order valence-electron chi connectivity index (χ2n) is 5.72. The number of hydrogen-bond acceptors (Lipinski definition) is 9. The minimum atomic E-state index is -0.458. The Hall–Kier alpha value is -1.01. The minimum Gasteiger partial charge on any atom is -0.366 e. The third-order valence-corrected chi connectivity index (χ3v) is 8.25. The molecular weight excluding hydrogens is 518 g/mol. The molecule has 0 unspecified atom stereocenters. The summed E-state index contributed by atoms with van der Waals surface area (Å²) >= 11 is 14.5. The van der Waals surface area contributed by atoms with E-state index in [0.717, 1.165) is 39.3 Å². The normalized spacial score (nSPS) is 11.5. The Bertz CT molecular complexity index is 837. The standard InChI is InChI=1S/C17H21BrClN5O2S3/c1-12-17(18)15(29-23-12)11-28-8-6-22-16(9-24(25)26)21-5-7-27-10-14-13(19)3-2-4-20-14/h2-4,9,21-22H,5-8,10-11H2,1H3/b16-9-. The number of aromatic nitrogens is 2. The van der Waals surface area contributed by atoms with E-state index in [-0.39, 0.29) is 0 Å². The first-order valence-electron chi connectivity index (χ1n) is 8.66. The zero-order chi connectivity index (χ0) is 21.1. The molecule has 2 rings (SSSR count). The molecule has 2 aromatic heterocycles. The van der Waals surface area contributed by atoms with Gasteiger partial charge in [-0.3, -0.25) is 15.1 Å². The first kappa shape index (κ1) is 24.3. The van der Waals surface area contributed by atoms with Crippen LogP contribution >= 0.6 is 62.6 Å². The van der Waals surface area contributed by atoms with Gasteiger partial charge >= 0.3 is 0 Å². The Balaban J connectivity index is 1.65. The van der Waals surface area contributed by atoms with E-state index in [0.29, 0.717) is 29.7 Å². The van der Waals surface area contributed by atoms with Crippen molar-refractivity contribution in [2.24, 2.45) is 0 Å². The number of halogens is 2. The molecule has 0 aliphatic carbocycles. The Morgan fingerprint density at radius 2 is 2.03 bits per heavy atom. The van der Waals surface area contributed by atoms with Crippen LogP contribution in [-0.4, -0.2) is 38.9 Å². The molecule has 2 N–H and O–H groups in total. The predicted octanol–water partition coefficient (Wildman–Crippen LogP) is 4.68. The van der Waals surface area contributed by atoms with Crippen molar-refractivity contribution in [1.29, 1.82) is 0 Å². The van der Waals surface area contributed by atoms with Gasteiger partial charge in [0, 0.05) is 47.2 Å². The zero-order valence-corrected chi connectivity index (χ0v) is 20.5. The van der Waals surface area contributed by atoms with Gasteiger partial charge in [0.2, 0.25) is 0 Å². The van der Waals surface area contributed by atoms with Crippen molar-refractivity contribution in [3.63, 3.8) is 0 Å². The molecule has 0 saturated heterocycles. The summed E-state index contributed by atoms with van der Waals surface area (Å²) in [4.78, 5) is 15.8. The molecule has 0 aliphatic heterocycles. The highest BCUT2D eigenvalue weighted by Crippen LogP contribution is 2.28. The monoisotopic (exact) mass is 537 g/mol. The van der Waals surface area contributed by atoms with Crippen LogP contribution in [0.4, 0.5) is 0 Å². The average Bonchev–Trinajstić information content (AvgIpc) is 3.00. The van der Waals surface area contributed by atoms with E-state index in [9.17, 15) is 10.1 Å². The second-order valence-corrected chi connectivity index (χ2v) is 9.99. The first-order valence-corrected chi connectivity index (χ1v) is 12.9. The van der Waals surface area contributed by atoms with Crippen LogP contribution < -0.4 is 10.6 Å². The third-order valence-electron chi connectivity index (χ3n) is 3.52. The number of thioether (sulfide) groups is 2. The van der Waals surface area contributed by atoms with Crippen LogP contribution in [-0.2, 0) is 11.5 Å². The number of nitrogens with zero attached hydrogens (tertiary/aromatic N) is 3. The summed E-state index contributed by atoms with van der Waals surface area (Å²) in [7, 11) is 0. The highest BCUT2D eigenvalue weighted by Gasteiger charge is 2.08. The average molecular weight is 539 g/mol. The topological polar surface area (TPSA) is 93.0 Å². The molecule has 158 valence electrons. The SMILES string of the molecule is Cc1nsc(CSCCN/C(=C\[N+](=O)[O-])NCCSCc2ncccc2Cl)c1Br. The lowest BCUT2D eigenvalue weighted by atomic mass is 10.4. The quantitative estimate of drug-likeness (QED) is 0.216. The van der Waals surface area contributed by atoms with Crippen LogP contribution in [0.1, 0.15) is 16.3 Å². The maximum absolute atomic E-state index is 10.8. The second kappa shape index (κ2) is 13.3. The Kier molecular flexibility index (Phi) is 11.1. The zero-order valence-electron chi connectivity index (χ0n) is 15.7. The van der Waals surface area contributed by atoms with E-state index >= 15 is 0 Å². The van der Waals surface area contributed by atoms with Crippen LogP contribution in [0.5, 0.6) is 0 Å². The summed E-state index contributed by atoms with van der Waals surface area (Å²) < 4.78 is 5.38. The number of nitrogens with one attached hydrogen (secondary N) is 2. The molecule has 7 nitrogen and oxygen atoms in total. The predicted molar refractivity (Wildman–Crippen MR) is 127 cm³/mol. The molecule has 0 spiro atoms. The van der Waals surface area contributed by atoms with Gasteiger partial charge in [0.05, 0.1) is 25.8 Å². The van der Waals surface area contributed by atoms with Crippen molar-refractivity contribution in [2.75, 3.05) is 24.6 Å². The molecule has 0 fully saturated rings.